The van der Waals surface area contributed by atoms with Crippen molar-refractivity contribution >= 4 is 40.0 Å². The fraction of sp³-hybridized carbons (Fsp3) is 0.0652. The van der Waals surface area contributed by atoms with Crippen LogP contribution in [0.15, 0.2) is 127 Å². The monoisotopic (exact) mass is 653 g/mol. The van der Waals surface area contributed by atoms with Crippen LogP contribution in [0.2, 0.25) is 0 Å². The highest BCUT2D eigenvalue weighted by Gasteiger charge is 2.22. The van der Waals surface area contributed by atoms with Crippen molar-refractivity contribution < 1.29 is 0 Å². The highest BCUT2D eigenvalue weighted by atomic mass is 15.0. The molecule has 0 spiro atoms. The maximum atomic E-state index is 10.8. The van der Waals surface area contributed by atoms with E-state index in [-0.39, 0.29) is 0 Å². The first kappa shape index (κ1) is 31.2. The predicted molar refractivity (Wildman–Crippen MR) is 207 cm³/mol. The van der Waals surface area contributed by atoms with Gasteiger partial charge in [-0.05, 0) is 79.6 Å². The second-order valence-electron chi connectivity index (χ2n) is 12.6. The molecule has 8 rings (SSSR count). The van der Waals surface area contributed by atoms with Crippen molar-refractivity contribution in [3.63, 3.8) is 0 Å². The van der Waals surface area contributed by atoms with Crippen LogP contribution in [0.5, 0.6) is 0 Å². The quantitative estimate of drug-likeness (QED) is 0.185. The molecular formula is C46H31N5. The van der Waals surface area contributed by atoms with E-state index in [9.17, 15) is 15.8 Å². The number of aromatic nitrogens is 2. The number of allylic oxidation sites excluding steroid dienone is 3. The molecule has 0 amide bonds. The predicted octanol–water partition coefficient (Wildman–Crippen LogP) is 11.3. The van der Waals surface area contributed by atoms with Gasteiger partial charge in [0.25, 0.3) is 0 Å². The van der Waals surface area contributed by atoms with Gasteiger partial charge in [0.15, 0.2) is 0 Å². The zero-order chi connectivity index (χ0) is 35.1. The third-order valence-corrected chi connectivity index (χ3v) is 9.77. The maximum Gasteiger partial charge on any atom is 0.102 e. The Hall–Kier alpha value is -7.13. The summed E-state index contributed by atoms with van der Waals surface area (Å²) in [6.45, 7) is 4.13. The van der Waals surface area contributed by atoms with Gasteiger partial charge in [0.1, 0.15) is 6.07 Å². The smallest absolute Gasteiger partial charge is 0.102 e. The van der Waals surface area contributed by atoms with Crippen LogP contribution in [0, 0.1) is 40.9 Å². The average molecular weight is 654 g/mol. The number of rotatable bonds is 5. The lowest BCUT2D eigenvalue weighted by atomic mass is 9.94. The third-order valence-electron chi connectivity index (χ3n) is 9.77. The summed E-state index contributed by atoms with van der Waals surface area (Å²) in [6, 6.07) is 44.0. The number of hydrogen-bond donors (Lipinski definition) is 0. The minimum absolute atomic E-state index is 0.564. The van der Waals surface area contributed by atoms with Gasteiger partial charge in [-0.1, -0.05) is 85.0 Å². The molecule has 2 heterocycles. The number of fused-ring (bicyclic) bond motifs is 4. The first-order valence-electron chi connectivity index (χ1n) is 16.9. The molecule has 5 aromatic carbocycles. The standard InChI is InChI=1S/C46H31N5/c1-3-11-35-30(2)50(46-23-22-32(28-48)25-39(35)46)42-18-6-4-15-37(42)34-14-9-13-33(26-34)36-17-10-21-45(41(36)29-49)51-43-19-7-5-16-38(43)40-24-31(27-47)12-8-20-44(40)51/h3-11,13-26H,12H2,1-2H3/b11-3-. The lowest BCUT2D eigenvalue weighted by molar-refractivity contribution is 1.05. The Balaban J connectivity index is 1.31. The molecule has 0 bridgehead atoms. The van der Waals surface area contributed by atoms with Crippen molar-refractivity contribution in [1.82, 2.24) is 9.13 Å². The summed E-state index contributed by atoms with van der Waals surface area (Å²) in [7, 11) is 0. The molecule has 240 valence electrons. The third kappa shape index (κ3) is 5.07. The van der Waals surface area contributed by atoms with Crippen LogP contribution in [0.1, 0.15) is 47.0 Å². The lowest BCUT2D eigenvalue weighted by Gasteiger charge is -2.17. The number of nitriles is 3. The van der Waals surface area contributed by atoms with E-state index in [1.807, 2.05) is 79.7 Å². The van der Waals surface area contributed by atoms with Gasteiger partial charge in [0.05, 0.1) is 51.4 Å². The fourth-order valence-electron chi connectivity index (χ4n) is 7.52. The fourth-order valence-corrected chi connectivity index (χ4v) is 7.52. The van der Waals surface area contributed by atoms with E-state index < -0.39 is 0 Å². The Morgan fingerprint density at radius 3 is 2.20 bits per heavy atom. The van der Waals surface area contributed by atoms with Crippen LogP contribution in [-0.2, 0) is 0 Å². The minimum atomic E-state index is 0.564. The zero-order valence-corrected chi connectivity index (χ0v) is 28.2. The van der Waals surface area contributed by atoms with E-state index in [4.69, 9.17) is 0 Å². The summed E-state index contributed by atoms with van der Waals surface area (Å²) in [6.07, 6.45) is 10.8. The molecular weight excluding hydrogens is 623 g/mol. The highest BCUT2D eigenvalue weighted by Crippen LogP contribution is 2.40. The molecule has 5 nitrogen and oxygen atoms in total. The topological polar surface area (TPSA) is 81.2 Å². The van der Waals surface area contributed by atoms with E-state index in [1.54, 1.807) is 0 Å². The lowest BCUT2D eigenvalue weighted by Crippen LogP contribution is -2.02. The highest BCUT2D eigenvalue weighted by molar-refractivity contribution is 5.98. The van der Waals surface area contributed by atoms with Gasteiger partial charge in [-0.15, -0.1) is 0 Å². The van der Waals surface area contributed by atoms with Crippen LogP contribution in [0.25, 0.3) is 73.7 Å². The van der Waals surface area contributed by atoms with Crippen molar-refractivity contribution in [3.05, 3.63) is 161 Å². The van der Waals surface area contributed by atoms with E-state index in [2.05, 4.69) is 101 Å². The molecule has 0 radical (unpaired) electrons. The summed E-state index contributed by atoms with van der Waals surface area (Å²) in [5, 5.41) is 32.3. The van der Waals surface area contributed by atoms with Crippen LogP contribution < -0.4 is 0 Å². The van der Waals surface area contributed by atoms with Gasteiger partial charge in [0.2, 0.25) is 0 Å². The van der Waals surface area contributed by atoms with Crippen LogP contribution in [0.3, 0.4) is 0 Å². The second kappa shape index (κ2) is 12.7. The molecule has 7 aromatic rings. The Morgan fingerprint density at radius 1 is 0.667 bits per heavy atom. The summed E-state index contributed by atoms with van der Waals surface area (Å²) >= 11 is 0. The molecule has 51 heavy (non-hydrogen) atoms. The zero-order valence-electron chi connectivity index (χ0n) is 28.2. The van der Waals surface area contributed by atoms with Gasteiger partial charge >= 0.3 is 0 Å². The molecule has 0 aliphatic heterocycles. The summed E-state index contributed by atoms with van der Waals surface area (Å²) in [5.74, 6) is 0. The second-order valence-corrected chi connectivity index (χ2v) is 12.6. The summed E-state index contributed by atoms with van der Waals surface area (Å²) < 4.78 is 4.43. The molecule has 0 saturated carbocycles. The van der Waals surface area contributed by atoms with Crippen molar-refractivity contribution in [2.45, 2.75) is 20.3 Å². The summed E-state index contributed by atoms with van der Waals surface area (Å²) in [4.78, 5) is 0. The number of benzene rings is 5. The Kier molecular flexibility index (Phi) is 7.77. The molecule has 0 unspecified atom stereocenters. The first-order valence-corrected chi connectivity index (χ1v) is 16.9. The molecule has 1 aliphatic rings. The SMILES string of the molecule is C/C=C\c1c(C)n(-c2ccccc2-c2cccc(-c3cccc(-n4c5c(c6ccccc64)C=C(C#N)CC=C5)c3C#N)c2)c2ccc(C#N)cc12. The van der Waals surface area contributed by atoms with Crippen LogP contribution in [-0.4, -0.2) is 9.13 Å². The Morgan fingerprint density at radius 2 is 1.39 bits per heavy atom. The average Bonchev–Trinajstić information content (AvgIpc) is 3.52. The van der Waals surface area contributed by atoms with E-state index in [1.165, 1.54) is 0 Å². The molecule has 1 aliphatic carbocycles. The molecule has 0 atom stereocenters. The molecule has 0 saturated heterocycles. The molecule has 5 heteroatoms. The van der Waals surface area contributed by atoms with Crippen molar-refractivity contribution in [3.8, 4) is 51.8 Å². The van der Waals surface area contributed by atoms with Crippen molar-refractivity contribution in [2.24, 2.45) is 0 Å². The van der Waals surface area contributed by atoms with E-state index >= 15 is 0 Å². The Bertz CT molecular complexity index is 2780. The van der Waals surface area contributed by atoms with E-state index in [0.29, 0.717) is 23.1 Å². The molecule has 0 N–H and O–H groups in total. The normalized spacial score (nSPS) is 12.3. The van der Waals surface area contributed by atoms with Crippen LogP contribution >= 0.6 is 0 Å². The number of hydrogen-bond acceptors (Lipinski definition) is 3. The molecule has 2 aromatic heterocycles. The van der Waals surface area contributed by atoms with Gasteiger partial charge in [0, 0.05) is 50.7 Å². The van der Waals surface area contributed by atoms with Gasteiger partial charge < -0.3 is 9.13 Å². The number of para-hydroxylation sites is 2. The van der Waals surface area contributed by atoms with Crippen molar-refractivity contribution in [2.75, 3.05) is 0 Å². The molecule has 0 fully saturated rings. The largest absolute Gasteiger partial charge is 0.313 e. The maximum absolute atomic E-state index is 10.8. The summed E-state index contributed by atoms with van der Waals surface area (Å²) in [5.41, 5.74) is 13.7. The van der Waals surface area contributed by atoms with Gasteiger partial charge in [-0.2, -0.15) is 15.8 Å². The van der Waals surface area contributed by atoms with E-state index in [0.717, 1.165) is 77.9 Å². The first-order chi connectivity index (χ1) is 25.1. The Labute approximate surface area is 296 Å². The van der Waals surface area contributed by atoms with Crippen molar-refractivity contribution in [1.29, 1.82) is 15.8 Å². The number of nitrogens with zero attached hydrogens (tertiary/aromatic N) is 5. The minimum Gasteiger partial charge on any atom is -0.313 e. The van der Waals surface area contributed by atoms with Gasteiger partial charge in [-0.25, -0.2) is 0 Å². The van der Waals surface area contributed by atoms with Gasteiger partial charge in [-0.3, -0.25) is 0 Å². The van der Waals surface area contributed by atoms with Crippen LogP contribution in [0.4, 0.5) is 0 Å².